The zero-order valence-corrected chi connectivity index (χ0v) is 13.5. The van der Waals surface area contributed by atoms with Crippen LogP contribution < -0.4 is 10.6 Å². The number of nitrogens with zero attached hydrogens (tertiary/aromatic N) is 2. The Hall–Kier alpha value is -1.80. The van der Waals surface area contributed by atoms with Gasteiger partial charge in [-0.1, -0.05) is 11.6 Å². The van der Waals surface area contributed by atoms with Crippen molar-refractivity contribution in [1.82, 2.24) is 14.9 Å². The molecule has 0 aliphatic rings. The van der Waals surface area contributed by atoms with Gasteiger partial charge in [-0.3, -0.25) is 0 Å². The number of benzene rings is 1. The number of imidazole rings is 1. The smallest absolute Gasteiger partial charge is 0.362 e. The van der Waals surface area contributed by atoms with Gasteiger partial charge in [-0.05, 0) is 36.8 Å². The zero-order chi connectivity index (χ0) is 16.9. The fourth-order valence-electron chi connectivity index (χ4n) is 1.88. The minimum Gasteiger partial charge on any atom is -0.362 e. The number of anilines is 1. The molecule has 0 aliphatic carbocycles. The van der Waals surface area contributed by atoms with Crippen molar-refractivity contribution in [3.05, 3.63) is 47.5 Å². The third kappa shape index (κ3) is 5.40. The van der Waals surface area contributed by atoms with Gasteiger partial charge in [-0.2, -0.15) is 13.2 Å². The first-order valence-corrected chi connectivity index (χ1v) is 7.52. The van der Waals surface area contributed by atoms with Gasteiger partial charge in [0.05, 0.1) is 16.9 Å². The molecule has 0 atom stereocenters. The van der Waals surface area contributed by atoms with Gasteiger partial charge in [-0.15, -0.1) is 0 Å². The summed E-state index contributed by atoms with van der Waals surface area (Å²) in [7, 11) is 0. The molecule has 1 aromatic heterocycles. The predicted molar refractivity (Wildman–Crippen MR) is 87.5 cm³/mol. The summed E-state index contributed by atoms with van der Waals surface area (Å²) < 4.78 is 40.3. The summed E-state index contributed by atoms with van der Waals surface area (Å²) in [5.74, 6) is 0. The number of thiocarbonyl (C=S) groups is 1. The van der Waals surface area contributed by atoms with Gasteiger partial charge in [0, 0.05) is 31.2 Å². The highest BCUT2D eigenvalue weighted by Crippen LogP contribution is 2.36. The Morgan fingerprint density at radius 2 is 2.13 bits per heavy atom. The van der Waals surface area contributed by atoms with E-state index < -0.39 is 11.7 Å². The summed E-state index contributed by atoms with van der Waals surface area (Å²) >= 11 is 10.6. The summed E-state index contributed by atoms with van der Waals surface area (Å²) in [6.07, 6.45) is 1.55. The van der Waals surface area contributed by atoms with E-state index in [1.165, 1.54) is 12.1 Å². The second kappa shape index (κ2) is 7.65. The SMILES string of the molecule is FC(F)(F)c1cc(NC(=S)NCCCn2ccnc2)ccc1Cl. The molecule has 0 saturated heterocycles. The Labute approximate surface area is 141 Å². The van der Waals surface area contributed by atoms with Crippen LogP contribution >= 0.6 is 23.8 Å². The number of hydrogen-bond donors (Lipinski definition) is 2. The van der Waals surface area contributed by atoms with Crippen molar-refractivity contribution in [1.29, 1.82) is 0 Å². The standard InChI is InChI=1S/C14H14ClF3N4S/c15-12-3-2-10(8-11(12)14(16,17)18)21-13(23)20-4-1-6-22-7-5-19-9-22/h2-3,5,7-9H,1,4,6H2,(H2,20,21,23). The van der Waals surface area contributed by atoms with Crippen molar-refractivity contribution in [2.24, 2.45) is 0 Å². The maximum atomic E-state index is 12.8. The third-order valence-electron chi connectivity index (χ3n) is 2.97. The summed E-state index contributed by atoms with van der Waals surface area (Å²) in [6, 6.07) is 3.56. The number of aromatic nitrogens is 2. The van der Waals surface area contributed by atoms with Crippen LogP contribution in [-0.2, 0) is 12.7 Å². The molecule has 0 bridgehead atoms. The molecule has 0 radical (unpaired) electrons. The molecule has 9 heteroatoms. The Kier molecular flexibility index (Phi) is 5.84. The Bertz CT molecular complexity index is 659. The van der Waals surface area contributed by atoms with E-state index in [0.717, 1.165) is 19.0 Å². The molecule has 2 rings (SSSR count). The van der Waals surface area contributed by atoms with Crippen LogP contribution in [0, 0.1) is 0 Å². The van der Waals surface area contributed by atoms with Crippen molar-refractivity contribution in [3.8, 4) is 0 Å². The van der Waals surface area contributed by atoms with Crippen LogP contribution in [0.15, 0.2) is 36.9 Å². The first-order valence-electron chi connectivity index (χ1n) is 6.73. The normalized spacial score (nSPS) is 11.3. The Balaban J connectivity index is 1.83. The Morgan fingerprint density at radius 3 is 2.78 bits per heavy atom. The molecule has 4 nitrogen and oxygen atoms in total. The molecule has 0 fully saturated rings. The largest absolute Gasteiger partial charge is 0.417 e. The molecule has 0 unspecified atom stereocenters. The summed E-state index contributed by atoms with van der Waals surface area (Å²) in [5, 5.41) is 5.57. The van der Waals surface area contributed by atoms with E-state index >= 15 is 0 Å². The van der Waals surface area contributed by atoms with Crippen LogP contribution in [0.5, 0.6) is 0 Å². The van der Waals surface area contributed by atoms with Gasteiger partial charge in [0.25, 0.3) is 0 Å². The van der Waals surface area contributed by atoms with E-state index in [-0.39, 0.29) is 15.8 Å². The monoisotopic (exact) mass is 362 g/mol. The van der Waals surface area contributed by atoms with Gasteiger partial charge in [0.15, 0.2) is 5.11 Å². The lowest BCUT2D eigenvalue weighted by atomic mass is 10.2. The van der Waals surface area contributed by atoms with E-state index in [2.05, 4.69) is 15.6 Å². The second-order valence-electron chi connectivity index (χ2n) is 4.73. The fraction of sp³-hybridized carbons (Fsp3) is 0.286. The number of halogens is 4. The highest BCUT2D eigenvalue weighted by atomic mass is 35.5. The quantitative estimate of drug-likeness (QED) is 0.624. The van der Waals surface area contributed by atoms with Crippen molar-refractivity contribution in [2.75, 3.05) is 11.9 Å². The third-order valence-corrected chi connectivity index (χ3v) is 3.54. The summed E-state index contributed by atoms with van der Waals surface area (Å²) in [6.45, 7) is 1.36. The van der Waals surface area contributed by atoms with Crippen molar-refractivity contribution in [2.45, 2.75) is 19.1 Å². The summed E-state index contributed by atoms with van der Waals surface area (Å²) in [4.78, 5) is 3.93. The average molecular weight is 363 g/mol. The molecule has 1 aromatic carbocycles. The molecule has 0 spiro atoms. The second-order valence-corrected chi connectivity index (χ2v) is 5.54. The van der Waals surface area contributed by atoms with Crippen LogP contribution in [0.4, 0.5) is 18.9 Å². The zero-order valence-electron chi connectivity index (χ0n) is 11.9. The van der Waals surface area contributed by atoms with Crippen LogP contribution in [-0.4, -0.2) is 21.2 Å². The van der Waals surface area contributed by atoms with E-state index in [9.17, 15) is 13.2 Å². The highest BCUT2D eigenvalue weighted by molar-refractivity contribution is 7.80. The molecule has 1 heterocycles. The van der Waals surface area contributed by atoms with E-state index in [4.69, 9.17) is 23.8 Å². The number of hydrogen-bond acceptors (Lipinski definition) is 2. The molecular formula is C14H14ClF3N4S. The molecule has 23 heavy (non-hydrogen) atoms. The van der Waals surface area contributed by atoms with E-state index in [1.54, 1.807) is 12.5 Å². The highest BCUT2D eigenvalue weighted by Gasteiger charge is 2.33. The number of rotatable bonds is 5. The first kappa shape index (κ1) is 17.6. The van der Waals surface area contributed by atoms with Crippen LogP contribution in [0.25, 0.3) is 0 Å². The van der Waals surface area contributed by atoms with E-state index in [0.29, 0.717) is 6.54 Å². The molecule has 0 amide bonds. The van der Waals surface area contributed by atoms with Gasteiger partial charge in [-0.25, -0.2) is 4.98 Å². The molecule has 2 aromatic rings. The first-order chi connectivity index (χ1) is 10.9. The maximum absolute atomic E-state index is 12.8. The van der Waals surface area contributed by atoms with Gasteiger partial charge < -0.3 is 15.2 Å². The van der Waals surface area contributed by atoms with Crippen molar-refractivity contribution < 1.29 is 13.2 Å². The van der Waals surface area contributed by atoms with Crippen molar-refractivity contribution >= 4 is 34.6 Å². The van der Waals surface area contributed by atoms with Crippen LogP contribution in [0.2, 0.25) is 5.02 Å². The fourth-order valence-corrected chi connectivity index (χ4v) is 2.32. The molecular weight excluding hydrogens is 349 g/mol. The number of alkyl halides is 3. The van der Waals surface area contributed by atoms with Crippen LogP contribution in [0.1, 0.15) is 12.0 Å². The van der Waals surface area contributed by atoms with Gasteiger partial charge in [0.2, 0.25) is 0 Å². The van der Waals surface area contributed by atoms with Gasteiger partial charge in [0.1, 0.15) is 0 Å². The molecule has 0 saturated carbocycles. The number of nitrogens with one attached hydrogen (secondary N) is 2. The predicted octanol–water partition coefficient (Wildman–Crippen LogP) is 3.93. The average Bonchev–Trinajstić information content (AvgIpc) is 2.98. The minimum absolute atomic E-state index is 0.230. The summed E-state index contributed by atoms with van der Waals surface area (Å²) in [5.41, 5.74) is -0.666. The topological polar surface area (TPSA) is 41.9 Å². The lowest BCUT2D eigenvalue weighted by molar-refractivity contribution is -0.137. The molecule has 0 aliphatic heterocycles. The molecule has 2 N–H and O–H groups in total. The minimum atomic E-state index is -4.51. The van der Waals surface area contributed by atoms with Gasteiger partial charge >= 0.3 is 6.18 Å². The lowest BCUT2D eigenvalue weighted by Gasteiger charge is -2.14. The molecule has 124 valence electrons. The lowest BCUT2D eigenvalue weighted by Crippen LogP contribution is -2.29. The number of aryl methyl sites for hydroxylation is 1. The van der Waals surface area contributed by atoms with E-state index in [1.807, 2.05) is 10.8 Å². The Morgan fingerprint density at radius 1 is 1.35 bits per heavy atom. The van der Waals surface area contributed by atoms with Crippen LogP contribution in [0.3, 0.4) is 0 Å². The maximum Gasteiger partial charge on any atom is 0.417 e. The van der Waals surface area contributed by atoms with Crippen molar-refractivity contribution in [3.63, 3.8) is 0 Å².